The van der Waals surface area contributed by atoms with Gasteiger partial charge in [0.05, 0.1) is 16.6 Å². The van der Waals surface area contributed by atoms with Gasteiger partial charge in [-0.1, -0.05) is 19.9 Å². The SMILES string of the molecule is CCc1csc(-c2ccc(S(=O)(=O)N[C@H](CC)c3cccs3)s2)n1. The lowest BCUT2D eigenvalue weighted by Crippen LogP contribution is -2.27. The van der Waals surface area contributed by atoms with E-state index in [1.165, 1.54) is 11.3 Å². The van der Waals surface area contributed by atoms with Crippen molar-refractivity contribution in [1.29, 1.82) is 0 Å². The molecule has 0 aliphatic carbocycles. The van der Waals surface area contributed by atoms with Crippen LogP contribution in [0.1, 0.15) is 36.9 Å². The Morgan fingerprint density at radius 3 is 2.67 bits per heavy atom. The van der Waals surface area contributed by atoms with Crippen LogP contribution in [0.5, 0.6) is 0 Å². The standard InChI is InChI=1S/C16H18N2O2S4/c1-3-11-10-22-16(17-11)14-7-8-15(23-14)24(19,20)18-12(4-2)13-6-5-9-21-13/h5-10,12,18H,3-4H2,1-2H3/t12-/m1/s1. The van der Waals surface area contributed by atoms with E-state index in [0.29, 0.717) is 10.6 Å². The van der Waals surface area contributed by atoms with E-state index in [-0.39, 0.29) is 6.04 Å². The van der Waals surface area contributed by atoms with Crippen LogP contribution in [-0.2, 0) is 16.4 Å². The largest absolute Gasteiger partial charge is 0.250 e. The summed E-state index contributed by atoms with van der Waals surface area (Å²) < 4.78 is 28.5. The second-order valence-electron chi connectivity index (χ2n) is 5.21. The number of sulfonamides is 1. The van der Waals surface area contributed by atoms with Crippen LogP contribution in [0.3, 0.4) is 0 Å². The van der Waals surface area contributed by atoms with Gasteiger partial charge in [-0.05, 0) is 36.4 Å². The monoisotopic (exact) mass is 398 g/mol. The summed E-state index contributed by atoms with van der Waals surface area (Å²) in [6, 6.07) is 7.21. The fourth-order valence-electron chi connectivity index (χ4n) is 2.24. The van der Waals surface area contributed by atoms with Crippen molar-refractivity contribution < 1.29 is 8.42 Å². The molecule has 8 heteroatoms. The Hall–Kier alpha value is -1.06. The summed E-state index contributed by atoms with van der Waals surface area (Å²) in [5.74, 6) is 0. The van der Waals surface area contributed by atoms with Crippen LogP contribution in [0.4, 0.5) is 0 Å². The highest BCUT2D eigenvalue weighted by atomic mass is 32.2. The third-order valence-corrected chi connectivity index (χ3v) is 8.66. The maximum Gasteiger partial charge on any atom is 0.250 e. The molecule has 1 N–H and O–H groups in total. The molecule has 0 fully saturated rings. The van der Waals surface area contributed by atoms with Gasteiger partial charge in [0.25, 0.3) is 10.0 Å². The molecule has 0 saturated carbocycles. The minimum atomic E-state index is -3.53. The first-order chi connectivity index (χ1) is 11.5. The van der Waals surface area contributed by atoms with Crippen molar-refractivity contribution in [3.8, 4) is 9.88 Å². The molecule has 0 bridgehead atoms. The number of aromatic nitrogens is 1. The zero-order chi connectivity index (χ0) is 17.2. The first-order valence-electron chi connectivity index (χ1n) is 7.63. The molecule has 3 aromatic heterocycles. The average molecular weight is 399 g/mol. The maximum atomic E-state index is 12.7. The van der Waals surface area contributed by atoms with Crippen LogP contribution in [0, 0.1) is 0 Å². The molecule has 24 heavy (non-hydrogen) atoms. The van der Waals surface area contributed by atoms with E-state index >= 15 is 0 Å². The lowest BCUT2D eigenvalue weighted by molar-refractivity contribution is 0.555. The summed E-state index contributed by atoms with van der Waals surface area (Å²) in [6.45, 7) is 4.04. The van der Waals surface area contributed by atoms with Crippen molar-refractivity contribution >= 4 is 44.0 Å². The first-order valence-corrected chi connectivity index (χ1v) is 11.7. The van der Waals surface area contributed by atoms with Crippen LogP contribution in [-0.4, -0.2) is 13.4 Å². The van der Waals surface area contributed by atoms with Gasteiger partial charge < -0.3 is 0 Å². The summed E-state index contributed by atoms with van der Waals surface area (Å²) >= 11 is 4.39. The highest BCUT2D eigenvalue weighted by Gasteiger charge is 2.23. The van der Waals surface area contributed by atoms with Gasteiger partial charge in [-0.2, -0.15) is 0 Å². The van der Waals surface area contributed by atoms with Crippen molar-refractivity contribution in [2.45, 2.75) is 36.9 Å². The molecule has 0 amide bonds. The highest BCUT2D eigenvalue weighted by molar-refractivity contribution is 7.91. The number of rotatable bonds is 7. The number of nitrogens with zero attached hydrogens (tertiary/aromatic N) is 1. The molecule has 3 rings (SSSR count). The van der Waals surface area contributed by atoms with Crippen LogP contribution in [0.2, 0.25) is 0 Å². The van der Waals surface area contributed by atoms with E-state index < -0.39 is 10.0 Å². The van der Waals surface area contributed by atoms with Gasteiger partial charge in [0, 0.05) is 10.3 Å². The maximum absolute atomic E-state index is 12.7. The average Bonchev–Trinajstić information content (AvgIpc) is 3.33. The van der Waals surface area contributed by atoms with Gasteiger partial charge in [-0.3, -0.25) is 0 Å². The molecule has 0 aliphatic rings. The molecule has 0 saturated heterocycles. The van der Waals surface area contributed by atoms with Gasteiger partial charge in [0.1, 0.15) is 9.22 Å². The minimum absolute atomic E-state index is 0.188. The van der Waals surface area contributed by atoms with Crippen molar-refractivity contribution in [2.75, 3.05) is 0 Å². The minimum Gasteiger partial charge on any atom is -0.240 e. The Kier molecular flexibility index (Phi) is 5.51. The van der Waals surface area contributed by atoms with E-state index in [1.807, 2.05) is 35.9 Å². The van der Waals surface area contributed by atoms with Gasteiger partial charge in [0.2, 0.25) is 0 Å². The van der Waals surface area contributed by atoms with Crippen molar-refractivity contribution in [2.24, 2.45) is 0 Å². The number of aryl methyl sites for hydroxylation is 1. The quantitative estimate of drug-likeness (QED) is 0.614. The fraction of sp³-hybridized carbons (Fsp3) is 0.312. The normalized spacial score (nSPS) is 13.2. The van der Waals surface area contributed by atoms with E-state index in [0.717, 1.165) is 26.9 Å². The number of nitrogens with one attached hydrogen (secondary N) is 1. The molecular formula is C16H18N2O2S4. The highest BCUT2D eigenvalue weighted by Crippen LogP contribution is 2.34. The number of thiophene rings is 2. The molecule has 0 aromatic carbocycles. The van der Waals surface area contributed by atoms with E-state index in [1.54, 1.807) is 28.7 Å². The lowest BCUT2D eigenvalue weighted by atomic mass is 10.2. The Morgan fingerprint density at radius 2 is 2.04 bits per heavy atom. The third-order valence-electron chi connectivity index (χ3n) is 3.56. The Balaban J connectivity index is 1.82. The Morgan fingerprint density at radius 1 is 1.21 bits per heavy atom. The van der Waals surface area contributed by atoms with Gasteiger partial charge in [0.15, 0.2) is 0 Å². The molecule has 1 atom stereocenters. The molecule has 0 spiro atoms. The molecular weight excluding hydrogens is 380 g/mol. The topological polar surface area (TPSA) is 59.1 Å². The van der Waals surface area contributed by atoms with Crippen LogP contribution < -0.4 is 4.72 Å². The smallest absolute Gasteiger partial charge is 0.240 e. The predicted molar refractivity (Wildman–Crippen MR) is 102 cm³/mol. The van der Waals surface area contributed by atoms with Crippen molar-refractivity contribution in [3.63, 3.8) is 0 Å². The van der Waals surface area contributed by atoms with Gasteiger partial charge >= 0.3 is 0 Å². The number of thiazole rings is 1. The summed E-state index contributed by atoms with van der Waals surface area (Å²) in [6.07, 6.45) is 1.60. The Labute approximate surface area is 154 Å². The lowest BCUT2D eigenvalue weighted by Gasteiger charge is -2.14. The summed E-state index contributed by atoms with van der Waals surface area (Å²) in [7, 11) is -3.53. The summed E-state index contributed by atoms with van der Waals surface area (Å²) in [5, 5.41) is 4.86. The Bertz CT molecular complexity index is 894. The second kappa shape index (κ2) is 7.45. The van der Waals surface area contributed by atoms with Crippen LogP contribution in [0.25, 0.3) is 9.88 Å². The van der Waals surface area contributed by atoms with E-state index in [4.69, 9.17) is 0 Å². The van der Waals surface area contributed by atoms with Crippen LogP contribution >= 0.6 is 34.0 Å². The van der Waals surface area contributed by atoms with Gasteiger partial charge in [-0.25, -0.2) is 18.1 Å². The van der Waals surface area contributed by atoms with E-state index in [2.05, 4.69) is 16.6 Å². The summed E-state index contributed by atoms with van der Waals surface area (Å²) in [4.78, 5) is 6.45. The third kappa shape index (κ3) is 3.78. The van der Waals surface area contributed by atoms with Gasteiger partial charge in [-0.15, -0.1) is 34.0 Å². The number of hydrogen-bond donors (Lipinski definition) is 1. The molecule has 0 unspecified atom stereocenters. The fourth-order valence-corrected chi connectivity index (χ4v) is 6.77. The second-order valence-corrected chi connectivity index (χ2v) is 10.1. The van der Waals surface area contributed by atoms with Crippen molar-refractivity contribution in [3.05, 3.63) is 45.6 Å². The first kappa shape index (κ1) is 17.8. The molecule has 3 aromatic rings. The van der Waals surface area contributed by atoms with Crippen molar-refractivity contribution in [1.82, 2.24) is 9.71 Å². The molecule has 4 nitrogen and oxygen atoms in total. The van der Waals surface area contributed by atoms with Crippen LogP contribution in [0.15, 0.2) is 39.2 Å². The molecule has 0 aliphatic heterocycles. The molecule has 128 valence electrons. The predicted octanol–water partition coefficient (Wildman–Crippen LogP) is 4.93. The zero-order valence-corrected chi connectivity index (χ0v) is 16.6. The molecule has 3 heterocycles. The zero-order valence-electron chi connectivity index (χ0n) is 13.4. The van der Waals surface area contributed by atoms with E-state index in [9.17, 15) is 8.42 Å². The summed E-state index contributed by atoms with van der Waals surface area (Å²) in [5.41, 5.74) is 1.04. The number of hydrogen-bond acceptors (Lipinski definition) is 6. The molecule has 0 radical (unpaired) electrons.